The van der Waals surface area contributed by atoms with Crippen LogP contribution >= 0.6 is 0 Å². The second-order valence-corrected chi connectivity index (χ2v) is 5.28. The molecule has 0 spiro atoms. The number of pyridine rings is 1. The Balaban J connectivity index is 1.79. The van der Waals surface area contributed by atoms with Crippen molar-refractivity contribution in [2.24, 2.45) is 7.05 Å². The van der Waals surface area contributed by atoms with Gasteiger partial charge in [0, 0.05) is 38.1 Å². The van der Waals surface area contributed by atoms with Crippen molar-refractivity contribution in [3.63, 3.8) is 0 Å². The smallest absolute Gasteiger partial charge is 0.213 e. The second-order valence-electron chi connectivity index (χ2n) is 5.28. The molecule has 0 bridgehead atoms. The lowest BCUT2D eigenvalue weighted by atomic mass is 10.1. The Bertz CT molecular complexity index is 597. The molecule has 0 radical (unpaired) electrons. The number of nitrogens with zero attached hydrogens (tertiary/aromatic N) is 3. The Labute approximate surface area is 125 Å². The summed E-state index contributed by atoms with van der Waals surface area (Å²) >= 11 is 0. The number of hydrogen-bond acceptors (Lipinski definition) is 4. The van der Waals surface area contributed by atoms with Crippen LogP contribution in [0.5, 0.6) is 5.88 Å². The van der Waals surface area contributed by atoms with Crippen molar-refractivity contribution in [2.45, 2.75) is 12.6 Å². The van der Waals surface area contributed by atoms with E-state index in [1.807, 2.05) is 18.2 Å². The van der Waals surface area contributed by atoms with Gasteiger partial charge in [-0.3, -0.25) is 4.90 Å². The largest absolute Gasteiger partial charge is 0.481 e. The van der Waals surface area contributed by atoms with Gasteiger partial charge >= 0.3 is 0 Å². The number of aromatic nitrogens is 2. The van der Waals surface area contributed by atoms with Gasteiger partial charge in [-0.05, 0) is 18.2 Å². The molecule has 5 heteroatoms. The molecular formula is C16H21N3O2. The summed E-state index contributed by atoms with van der Waals surface area (Å²) < 4.78 is 13.0. The molecule has 1 aliphatic rings. The zero-order valence-electron chi connectivity index (χ0n) is 12.5. The molecule has 112 valence electrons. The van der Waals surface area contributed by atoms with Crippen LogP contribution in [0.4, 0.5) is 0 Å². The van der Waals surface area contributed by atoms with Crippen LogP contribution in [0.1, 0.15) is 17.4 Å². The molecule has 1 atom stereocenters. The Morgan fingerprint density at radius 1 is 1.33 bits per heavy atom. The minimum atomic E-state index is 0.270. The first kappa shape index (κ1) is 14.1. The molecule has 0 aromatic carbocycles. The van der Waals surface area contributed by atoms with Crippen LogP contribution in [0, 0.1) is 0 Å². The van der Waals surface area contributed by atoms with E-state index in [-0.39, 0.29) is 6.04 Å². The Kier molecular flexibility index (Phi) is 4.22. The lowest BCUT2D eigenvalue weighted by Crippen LogP contribution is -2.39. The molecule has 1 saturated heterocycles. The molecule has 2 aromatic heterocycles. The molecule has 0 amide bonds. The van der Waals surface area contributed by atoms with Crippen LogP contribution in [0.25, 0.3) is 0 Å². The fourth-order valence-electron chi connectivity index (χ4n) is 2.79. The highest BCUT2D eigenvalue weighted by Crippen LogP contribution is 2.26. The molecule has 1 fully saturated rings. The number of aryl methyl sites for hydroxylation is 1. The van der Waals surface area contributed by atoms with E-state index in [2.05, 4.69) is 39.8 Å². The van der Waals surface area contributed by atoms with Gasteiger partial charge < -0.3 is 14.0 Å². The number of morpholine rings is 1. The van der Waals surface area contributed by atoms with Crippen molar-refractivity contribution in [3.8, 4) is 5.88 Å². The van der Waals surface area contributed by atoms with E-state index >= 15 is 0 Å². The third-order valence-corrected chi connectivity index (χ3v) is 3.92. The van der Waals surface area contributed by atoms with Gasteiger partial charge in [0.25, 0.3) is 0 Å². The summed E-state index contributed by atoms with van der Waals surface area (Å²) in [4.78, 5) is 6.93. The fraction of sp³-hybridized carbons (Fsp3) is 0.438. The average Bonchev–Trinajstić information content (AvgIpc) is 2.94. The van der Waals surface area contributed by atoms with Crippen LogP contribution < -0.4 is 4.74 Å². The van der Waals surface area contributed by atoms with E-state index < -0.39 is 0 Å². The van der Waals surface area contributed by atoms with E-state index in [1.165, 1.54) is 5.69 Å². The summed E-state index contributed by atoms with van der Waals surface area (Å²) in [5.41, 5.74) is 2.30. The van der Waals surface area contributed by atoms with Gasteiger partial charge in [0.15, 0.2) is 0 Å². The van der Waals surface area contributed by atoms with Gasteiger partial charge in [-0.2, -0.15) is 0 Å². The van der Waals surface area contributed by atoms with E-state index in [4.69, 9.17) is 9.47 Å². The van der Waals surface area contributed by atoms with E-state index in [0.717, 1.165) is 32.0 Å². The fourth-order valence-corrected chi connectivity index (χ4v) is 2.79. The van der Waals surface area contributed by atoms with E-state index in [1.54, 1.807) is 7.11 Å². The SMILES string of the molecule is COc1cccc(CN2CCOC[C@@H]2c2cccn2C)n1. The van der Waals surface area contributed by atoms with Crippen molar-refractivity contribution in [3.05, 3.63) is 47.9 Å². The van der Waals surface area contributed by atoms with Crippen LogP contribution in [-0.4, -0.2) is 41.3 Å². The van der Waals surface area contributed by atoms with Crippen LogP contribution in [0.3, 0.4) is 0 Å². The first-order chi connectivity index (χ1) is 10.3. The van der Waals surface area contributed by atoms with Crippen molar-refractivity contribution in [2.75, 3.05) is 26.9 Å². The van der Waals surface area contributed by atoms with Gasteiger partial charge in [0.2, 0.25) is 5.88 Å². The molecule has 0 saturated carbocycles. The standard InChI is InChI=1S/C16H21N3O2/c1-18-8-4-6-14(18)15-12-21-10-9-19(15)11-13-5-3-7-16(17-13)20-2/h3-8,15H,9-12H2,1-2H3/t15-/m1/s1. The van der Waals surface area contributed by atoms with Crippen LogP contribution in [-0.2, 0) is 18.3 Å². The van der Waals surface area contributed by atoms with Crippen molar-refractivity contribution < 1.29 is 9.47 Å². The van der Waals surface area contributed by atoms with Crippen molar-refractivity contribution >= 4 is 0 Å². The predicted octanol–water partition coefficient (Wildman–Crippen LogP) is 2.00. The molecule has 0 N–H and O–H groups in total. The normalized spacial score (nSPS) is 19.6. The number of hydrogen-bond donors (Lipinski definition) is 0. The average molecular weight is 287 g/mol. The zero-order valence-corrected chi connectivity index (χ0v) is 12.5. The van der Waals surface area contributed by atoms with Gasteiger partial charge in [0.1, 0.15) is 0 Å². The molecular weight excluding hydrogens is 266 g/mol. The highest BCUT2D eigenvalue weighted by Gasteiger charge is 2.26. The predicted molar refractivity (Wildman–Crippen MR) is 80.2 cm³/mol. The number of ether oxygens (including phenoxy) is 2. The van der Waals surface area contributed by atoms with Gasteiger partial charge in [-0.1, -0.05) is 6.07 Å². The van der Waals surface area contributed by atoms with Gasteiger partial charge in [-0.15, -0.1) is 0 Å². The minimum Gasteiger partial charge on any atom is -0.481 e. The lowest BCUT2D eigenvalue weighted by Gasteiger charge is -2.35. The molecule has 1 aliphatic heterocycles. The summed E-state index contributed by atoms with van der Waals surface area (Å²) in [7, 11) is 3.72. The highest BCUT2D eigenvalue weighted by atomic mass is 16.5. The second kappa shape index (κ2) is 6.28. The summed E-state index contributed by atoms with van der Waals surface area (Å²) in [6.07, 6.45) is 2.08. The van der Waals surface area contributed by atoms with Crippen LogP contribution in [0.2, 0.25) is 0 Å². The van der Waals surface area contributed by atoms with Crippen molar-refractivity contribution in [1.29, 1.82) is 0 Å². The maximum Gasteiger partial charge on any atom is 0.213 e. The quantitative estimate of drug-likeness (QED) is 0.862. The monoisotopic (exact) mass is 287 g/mol. The number of rotatable bonds is 4. The summed E-state index contributed by atoms with van der Waals surface area (Å²) in [6.45, 7) is 3.21. The number of methoxy groups -OCH3 is 1. The molecule has 2 aromatic rings. The molecule has 3 heterocycles. The Morgan fingerprint density at radius 2 is 2.24 bits per heavy atom. The maximum atomic E-state index is 5.67. The first-order valence-electron chi connectivity index (χ1n) is 7.21. The first-order valence-corrected chi connectivity index (χ1v) is 7.21. The molecule has 0 aliphatic carbocycles. The molecule has 21 heavy (non-hydrogen) atoms. The van der Waals surface area contributed by atoms with Gasteiger partial charge in [0.05, 0.1) is 32.1 Å². The molecule has 5 nitrogen and oxygen atoms in total. The lowest BCUT2D eigenvalue weighted by molar-refractivity contribution is -0.0157. The highest BCUT2D eigenvalue weighted by molar-refractivity contribution is 5.17. The third-order valence-electron chi connectivity index (χ3n) is 3.92. The maximum absolute atomic E-state index is 5.67. The van der Waals surface area contributed by atoms with Gasteiger partial charge in [-0.25, -0.2) is 4.98 Å². The molecule has 3 rings (SSSR count). The molecule has 0 unspecified atom stereocenters. The summed E-state index contributed by atoms with van der Waals surface area (Å²) in [6, 6.07) is 10.4. The summed E-state index contributed by atoms with van der Waals surface area (Å²) in [5.74, 6) is 0.663. The van der Waals surface area contributed by atoms with Crippen LogP contribution in [0.15, 0.2) is 36.5 Å². The van der Waals surface area contributed by atoms with E-state index in [9.17, 15) is 0 Å². The third kappa shape index (κ3) is 3.09. The van der Waals surface area contributed by atoms with Crippen molar-refractivity contribution in [1.82, 2.24) is 14.5 Å². The summed E-state index contributed by atoms with van der Waals surface area (Å²) in [5, 5.41) is 0. The zero-order chi connectivity index (χ0) is 14.7. The Morgan fingerprint density at radius 3 is 3.00 bits per heavy atom. The minimum absolute atomic E-state index is 0.270. The Hall–Kier alpha value is -1.85. The van der Waals surface area contributed by atoms with E-state index in [0.29, 0.717) is 5.88 Å². The topological polar surface area (TPSA) is 39.5 Å².